The number of aromatic amines is 1. The minimum atomic E-state index is -0.263. The summed E-state index contributed by atoms with van der Waals surface area (Å²) in [6, 6.07) is 9.91. The number of hydrogen-bond donors (Lipinski definition) is 2. The lowest BCUT2D eigenvalue weighted by Crippen LogP contribution is -2.37. The first kappa shape index (κ1) is 27.4. The van der Waals surface area contributed by atoms with E-state index in [1.807, 2.05) is 30.3 Å². The summed E-state index contributed by atoms with van der Waals surface area (Å²) in [5.74, 6) is 1.04. The number of carbonyl (C=O) groups is 1. The zero-order chi connectivity index (χ0) is 28.3. The number of ether oxygens (including phenoxy) is 3. The predicted octanol–water partition coefficient (Wildman–Crippen LogP) is 4.09. The van der Waals surface area contributed by atoms with Gasteiger partial charge in [-0.25, -0.2) is 9.97 Å². The minimum absolute atomic E-state index is 0.263. The van der Waals surface area contributed by atoms with Crippen LogP contribution in [0.1, 0.15) is 33.7 Å². The van der Waals surface area contributed by atoms with Crippen LogP contribution in [0.25, 0.3) is 21.8 Å². The fourth-order valence-electron chi connectivity index (χ4n) is 5.70. The summed E-state index contributed by atoms with van der Waals surface area (Å²) in [5.41, 5.74) is 6.16. The molecule has 0 radical (unpaired) electrons. The van der Waals surface area contributed by atoms with Crippen LogP contribution in [-0.4, -0.2) is 92.0 Å². The Labute approximate surface area is 240 Å². The van der Waals surface area contributed by atoms with E-state index in [0.29, 0.717) is 43.5 Å². The number of nitrogens with one attached hydrogen (secondary N) is 2. The zero-order valence-corrected chi connectivity index (χ0v) is 24.1. The van der Waals surface area contributed by atoms with E-state index in [4.69, 9.17) is 24.2 Å². The third-order valence-corrected chi connectivity index (χ3v) is 8.19. The molecule has 0 atom stereocenters. The topological polar surface area (TPSA) is 105 Å². The normalized spacial score (nSPS) is 16.4. The smallest absolute Gasteiger partial charge is 0.275 e. The SMILES string of the molecule is COc1cc2nc(N3CCOCC3)nc(C(=O)Nc3ccc4[nH]c(C)c(C)c4c3)c2cc1CCCN1CCOCC1. The molecule has 2 fully saturated rings. The van der Waals surface area contributed by atoms with Crippen molar-refractivity contribution in [2.75, 3.05) is 76.5 Å². The van der Waals surface area contributed by atoms with Crippen molar-refractivity contribution in [3.63, 3.8) is 0 Å². The molecule has 0 aliphatic carbocycles. The van der Waals surface area contributed by atoms with Gasteiger partial charge in [0.15, 0.2) is 0 Å². The summed E-state index contributed by atoms with van der Waals surface area (Å²) in [6.45, 7) is 11.2. The second-order valence-electron chi connectivity index (χ2n) is 10.8. The molecule has 10 nitrogen and oxygen atoms in total. The van der Waals surface area contributed by atoms with Gasteiger partial charge in [0.2, 0.25) is 5.95 Å². The molecule has 0 bridgehead atoms. The summed E-state index contributed by atoms with van der Waals surface area (Å²) in [5, 5.41) is 4.92. The summed E-state index contributed by atoms with van der Waals surface area (Å²) in [6.07, 6.45) is 1.80. The Kier molecular flexibility index (Phi) is 8.04. The minimum Gasteiger partial charge on any atom is -0.496 e. The number of anilines is 2. The Hall–Kier alpha value is -3.73. The van der Waals surface area contributed by atoms with E-state index in [2.05, 4.69) is 33.9 Å². The summed E-state index contributed by atoms with van der Waals surface area (Å²) < 4.78 is 16.8. The molecule has 41 heavy (non-hydrogen) atoms. The van der Waals surface area contributed by atoms with E-state index in [9.17, 15) is 4.79 Å². The molecular weight excluding hydrogens is 520 g/mol. The average Bonchev–Trinajstić information content (AvgIpc) is 3.29. The summed E-state index contributed by atoms with van der Waals surface area (Å²) in [4.78, 5) is 31.5. The molecule has 2 aromatic carbocycles. The molecule has 2 saturated heterocycles. The highest BCUT2D eigenvalue weighted by atomic mass is 16.5. The van der Waals surface area contributed by atoms with Crippen LogP contribution in [0, 0.1) is 13.8 Å². The van der Waals surface area contributed by atoms with Crippen LogP contribution in [0.3, 0.4) is 0 Å². The van der Waals surface area contributed by atoms with Gasteiger partial charge in [-0.05, 0) is 68.6 Å². The highest BCUT2D eigenvalue weighted by Crippen LogP contribution is 2.31. The molecule has 2 aromatic heterocycles. The van der Waals surface area contributed by atoms with Gasteiger partial charge in [0.1, 0.15) is 11.4 Å². The maximum atomic E-state index is 13.9. The number of H-pyrrole nitrogens is 1. The van der Waals surface area contributed by atoms with Crippen molar-refractivity contribution in [1.29, 1.82) is 0 Å². The molecule has 2 N–H and O–H groups in total. The van der Waals surface area contributed by atoms with E-state index >= 15 is 0 Å². The lowest BCUT2D eigenvalue weighted by atomic mass is 10.0. The van der Waals surface area contributed by atoms with Gasteiger partial charge in [-0.2, -0.15) is 0 Å². The Morgan fingerprint density at radius 3 is 2.51 bits per heavy atom. The van der Waals surface area contributed by atoms with Crippen LogP contribution in [0.5, 0.6) is 5.75 Å². The van der Waals surface area contributed by atoms with Gasteiger partial charge in [0.25, 0.3) is 5.91 Å². The van der Waals surface area contributed by atoms with Crippen LogP contribution in [0.15, 0.2) is 30.3 Å². The van der Waals surface area contributed by atoms with E-state index in [-0.39, 0.29) is 5.91 Å². The van der Waals surface area contributed by atoms with Crippen molar-refractivity contribution < 1.29 is 19.0 Å². The molecule has 10 heteroatoms. The van der Waals surface area contributed by atoms with Crippen molar-refractivity contribution in [3.8, 4) is 5.75 Å². The van der Waals surface area contributed by atoms with Gasteiger partial charge in [0, 0.05) is 59.9 Å². The van der Waals surface area contributed by atoms with Crippen molar-refractivity contribution in [2.24, 2.45) is 0 Å². The van der Waals surface area contributed by atoms with Crippen LogP contribution in [0.4, 0.5) is 11.6 Å². The van der Waals surface area contributed by atoms with Crippen LogP contribution < -0.4 is 15.0 Å². The Morgan fingerprint density at radius 1 is 1.00 bits per heavy atom. The lowest BCUT2D eigenvalue weighted by molar-refractivity contribution is 0.0374. The molecule has 2 aliphatic rings. The Balaban J connectivity index is 1.34. The molecular formula is C31H38N6O4. The van der Waals surface area contributed by atoms with Crippen LogP contribution in [0.2, 0.25) is 0 Å². The molecule has 4 heterocycles. The van der Waals surface area contributed by atoms with E-state index in [1.165, 1.54) is 5.56 Å². The van der Waals surface area contributed by atoms with E-state index in [1.54, 1.807) is 7.11 Å². The number of morpholine rings is 2. The number of nitrogens with zero attached hydrogens (tertiary/aromatic N) is 4. The number of hydrogen-bond acceptors (Lipinski definition) is 8. The first-order valence-corrected chi connectivity index (χ1v) is 14.4. The van der Waals surface area contributed by atoms with Crippen molar-refractivity contribution in [3.05, 3.63) is 52.8 Å². The monoisotopic (exact) mass is 558 g/mol. The first-order valence-electron chi connectivity index (χ1n) is 14.4. The molecule has 0 unspecified atom stereocenters. The standard InChI is InChI=1S/C31H38N6O4/c1-20-21(2)32-26-7-6-23(18-24(20)26)33-30(38)29-25-17-22(5-4-8-36-9-13-40-14-10-36)28(39-3)19-27(25)34-31(35-29)37-11-15-41-16-12-37/h6-7,17-19,32H,4-5,8-16H2,1-3H3,(H,33,38). The zero-order valence-electron chi connectivity index (χ0n) is 24.1. The number of fused-ring (bicyclic) bond motifs is 2. The maximum Gasteiger partial charge on any atom is 0.275 e. The van der Waals surface area contributed by atoms with Crippen LogP contribution >= 0.6 is 0 Å². The maximum absolute atomic E-state index is 13.9. The van der Waals surface area contributed by atoms with Gasteiger partial charge in [-0.1, -0.05) is 0 Å². The Bertz CT molecular complexity index is 1560. The van der Waals surface area contributed by atoms with Crippen molar-refractivity contribution in [1.82, 2.24) is 19.9 Å². The fourth-order valence-corrected chi connectivity index (χ4v) is 5.70. The number of methoxy groups -OCH3 is 1. The lowest BCUT2D eigenvalue weighted by Gasteiger charge is -2.27. The predicted molar refractivity (Wildman–Crippen MR) is 160 cm³/mol. The largest absolute Gasteiger partial charge is 0.496 e. The first-order chi connectivity index (χ1) is 20.0. The van der Waals surface area contributed by atoms with Crippen molar-refractivity contribution >= 4 is 39.3 Å². The molecule has 0 spiro atoms. The second kappa shape index (κ2) is 12.0. The summed E-state index contributed by atoms with van der Waals surface area (Å²) >= 11 is 0. The molecule has 0 saturated carbocycles. The number of aryl methyl sites for hydroxylation is 3. The van der Waals surface area contributed by atoms with Gasteiger partial charge in [-0.15, -0.1) is 0 Å². The summed E-state index contributed by atoms with van der Waals surface area (Å²) in [7, 11) is 1.69. The fraction of sp³-hybridized carbons (Fsp3) is 0.452. The Morgan fingerprint density at radius 2 is 1.76 bits per heavy atom. The number of benzene rings is 2. The van der Waals surface area contributed by atoms with Gasteiger partial charge >= 0.3 is 0 Å². The highest BCUT2D eigenvalue weighted by Gasteiger charge is 2.22. The van der Waals surface area contributed by atoms with Gasteiger partial charge in [-0.3, -0.25) is 9.69 Å². The third-order valence-electron chi connectivity index (χ3n) is 8.19. The van der Waals surface area contributed by atoms with E-state index in [0.717, 1.165) is 84.7 Å². The van der Waals surface area contributed by atoms with Crippen molar-refractivity contribution in [2.45, 2.75) is 26.7 Å². The van der Waals surface area contributed by atoms with E-state index < -0.39 is 0 Å². The number of carbonyl (C=O) groups excluding carboxylic acids is 1. The molecule has 4 aromatic rings. The molecule has 1 amide bonds. The number of rotatable bonds is 8. The quantitative estimate of drug-likeness (QED) is 0.333. The molecule has 6 rings (SSSR count). The molecule has 216 valence electrons. The molecule has 2 aliphatic heterocycles. The van der Waals surface area contributed by atoms with Gasteiger partial charge in [0.05, 0.1) is 39.1 Å². The highest BCUT2D eigenvalue weighted by molar-refractivity contribution is 6.12. The van der Waals surface area contributed by atoms with Gasteiger partial charge < -0.3 is 29.4 Å². The van der Waals surface area contributed by atoms with Crippen LogP contribution in [-0.2, 0) is 15.9 Å². The third kappa shape index (κ3) is 5.86. The average molecular weight is 559 g/mol. The number of aromatic nitrogens is 3. The number of amides is 1. The second-order valence-corrected chi connectivity index (χ2v) is 10.8.